The van der Waals surface area contributed by atoms with Crippen LogP contribution in [-0.2, 0) is 17.8 Å². The molecule has 3 rings (SSSR count). The number of hydrogen-bond acceptors (Lipinski definition) is 6. The molecule has 2 heterocycles. The van der Waals surface area contributed by atoms with Crippen LogP contribution in [0.4, 0.5) is 0 Å². The summed E-state index contributed by atoms with van der Waals surface area (Å²) in [4.78, 5) is 20.8. The molecule has 1 saturated heterocycles. The van der Waals surface area contributed by atoms with Gasteiger partial charge in [0.05, 0.1) is 11.6 Å². The molecule has 1 amide bonds. The van der Waals surface area contributed by atoms with Crippen molar-refractivity contribution >= 4 is 5.91 Å². The van der Waals surface area contributed by atoms with Crippen LogP contribution in [0.3, 0.4) is 0 Å². The Balaban J connectivity index is 1.38. The summed E-state index contributed by atoms with van der Waals surface area (Å²) in [6.45, 7) is 5.90. The topological polar surface area (TPSA) is 86.3 Å². The van der Waals surface area contributed by atoms with Crippen LogP contribution in [0.5, 0.6) is 0 Å². The van der Waals surface area contributed by atoms with Crippen molar-refractivity contribution in [1.29, 1.82) is 5.26 Å². The van der Waals surface area contributed by atoms with Crippen LogP contribution in [0, 0.1) is 18.3 Å². The van der Waals surface area contributed by atoms with Crippen LogP contribution < -0.4 is 0 Å². The van der Waals surface area contributed by atoms with Crippen molar-refractivity contribution in [3.8, 4) is 6.07 Å². The number of rotatable bonds is 6. The molecule has 1 aliphatic rings. The van der Waals surface area contributed by atoms with Crippen molar-refractivity contribution < 1.29 is 9.32 Å². The van der Waals surface area contributed by atoms with Crippen molar-refractivity contribution in [2.75, 3.05) is 26.2 Å². The van der Waals surface area contributed by atoms with E-state index in [2.05, 4.69) is 21.1 Å². The minimum absolute atomic E-state index is 0.194. The first-order valence-electron chi connectivity index (χ1n) is 8.92. The molecule has 2 aromatic rings. The highest BCUT2D eigenvalue weighted by atomic mass is 16.5. The van der Waals surface area contributed by atoms with E-state index in [0.29, 0.717) is 30.1 Å². The Kier molecular flexibility index (Phi) is 5.97. The van der Waals surface area contributed by atoms with Gasteiger partial charge in [-0.05, 0) is 31.0 Å². The number of aromatic nitrogens is 2. The van der Waals surface area contributed by atoms with E-state index in [1.807, 2.05) is 29.2 Å². The molecule has 0 spiro atoms. The number of carbonyl (C=O) groups is 1. The Hall–Kier alpha value is -2.72. The third-order valence-electron chi connectivity index (χ3n) is 4.57. The Morgan fingerprint density at radius 2 is 1.96 bits per heavy atom. The number of nitriles is 1. The Morgan fingerprint density at radius 1 is 1.23 bits per heavy atom. The molecular weight excluding hydrogens is 330 g/mol. The Bertz CT molecular complexity index is 770. The van der Waals surface area contributed by atoms with E-state index in [0.717, 1.165) is 39.1 Å². The fraction of sp³-hybridized carbons (Fsp3) is 0.474. The van der Waals surface area contributed by atoms with Gasteiger partial charge >= 0.3 is 0 Å². The maximum absolute atomic E-state index is 12.3. The average molecular weight is 353 g/mol. The first-order valence-corrected chi connectivity index (χ1v) is 8.92. The molecule has 0 unspecified atom stereocenters. The quantitative estimate of drug-likeness (QED) is 0.788. The molecule has 136 valence electrons. The molecule has 0 bridgehead atoms. The second-order valence-electron chi connectivity index (χ2n) is 6.55. The van der Waals surface area contributed by atoms with E-state index in [-0.39, 0.29) is 5.91 Å². The van der Waals surface area contributed by atoms with Gasteiger partial charge in [0.1, 0.15) is 0 Å². The van der Waals surface area contributed by atoms with Gasteiger partial charge in [0.15, 0.2) is 5.82 Å². The second kappa shape index (κ2) is 8.59. The molecule has 0 atom stereocenters. The first kappa shape index (κ1) is 18.1. The Morgan fingerprint density at radius 3 is 2.58 bits per heavy atom. The lowest BCUT2D eigenvalue weighted by Crippen LogP contribution is -2.48. The smallest absolute Gasteiger partial charge is 0.226 e. The molecule has 0 saturated carbocycles. The van der Waals surface area contributed by atoms with E-state index in [1.165, 1.54) is 5.56 Å². The second-order valence-corrected chi connectivity index (χ2v) is 6.55. The number of hydrogen-bond donors (Lipinski definition) is 0. The van der Waals surface area contributed by atoms with Crippen molar-refractivity contribution in [3.63, 3.8) is 0 Å². The van der Waals surface area contributed by atoms with Gasteiger partial charge in [-0.2, -0.15) is 10.2 Å². The van der Waals surface area contributed by atoms with Gasteiger partial charge in [-0.15, -0.1) is 0 Å². The molecule has 7 nitrogen and oxygen atoms in total. The summed E-state index contributed by atoms with van der Waals surface area (Å²) in [6, 6.07) is 9.82. The van der Waals surface area contributed by atoms with Crippen LogP contribution in [-0.4, -0.2) is 52.0 Å². The van der Waals surface area contributed by atoms with Crippen LogP contribution >= 0.6 is 0 Å². The monoisotopic (exact) mass is 353 g/mol. The summed E-state index contributed by atoms with van der Waals surface area (Å²) in [5.41, 5.74) is 1.87. The van der Waals surface area contributed by atoms with E-state index in [9.17, 15) is 4.79 Å². The molecule has 0 aliphatic carbocycles. The van der Waals surface area contributed by atoms with E-state index in [1.54, 1.807) is 6.92 Å². The van der Waals surface area contributed by atoms with Gasteiger partial charge in [-0.1, -0.05) is 17.3 Å². The Labute approximate surface area is 153 Å². The highest BCUT2D eigenvalue weighted by Crippen LogP contribution is 2.12. The lowest BCUT2D eigenvalue weighted by molar-refractivity contribution is -0.133. The van der Waals surface area contributed by atoms with Gasteiger partial charge in [0.2, 0.25) is 11.8 Å². The van der Waals surface area contributed by atoms with Crippen molar-refractivity contribution in [2.45, 2.75) is 32.7 Å². The summed E-state index contributed by atoms with van der Waals surface area (Å²) in [7, 11) is 0. The number of piperazine rings is 1. The number of amides is 1. The summed E-state index contributed by atoms with van der Waals surface area (Å²) in [5, 5.41) is 12.6. The SMILES string of the molecule is Cc1noc(CCCC(=O)N2CCN(Cc3ccc(C#N)cc3)CC2)n1. The van der Waals surface area contributed by atoms with Crippen molar-refractivity contribution in [3.05, 3.63) is 47.1 Å². The lowest BCUT2D eigenvalue weighted by Gasteiger charge is -2.34. The molecule has 26 heavy (non-hydrogen) atoms. The molecular formula is C19H23N5O2. The van der Waals surface area contributed by atoms with Gasteiger partial charge in [0.25, 0.3) is 0 Å². The summed E-state index contributed by atoms with van der Waals surface area (Å²) < 4.78 is 5.07. The molecule has 7 heteroatoms. The van der Waals surface area contributed by atoms with Gasteiger partial charge < -0.3 is 9.42 Å². The number of carbonyl (C=O) groups excluding carboxylic acids is 1. The lowest BCUT2D eigenvalue weighted by atomic mass is 10.1. The molecule has 0 radical (unpaired) electrons. The largest absolute Gasteiger partial charge is 0.340 e. The number of aryl methyl sites for hydroxylation is 2. The summed E-state index contributed by atoms with van der Waals surface area (Å²) in [5.74, 6) is 1.42. The standard InChI is InChI=1S/C19H23N5O2/c1-15-21-18(26-22-15)3-2-4-19(25)24-11-9-23(10-12-24)14-17-7-5-16(13-20)6-8-17/h5-8H,2-4,9-12,14H2,1H3. The van der Waals surface area contributed by atoms with Gasteiger partial charge in [0, 0.05) is 45.6 Å². The van der Waals surface area contributed by atoms with Crippen LogP contribution in [0.1, 0.15) is 35.7 Å². The van der Waals surface area contributed by atoms with Crippen molar-refractivity contribution in [2.24, 2.45) is 0 Å². The zero-order valence-electron chi connectivity index (χ0n) is 15.0. The molecule has 1 aromatic heterocycles. The van der Waals surface area contributed by atoms with Gasteiger partial charge in [-0.3, -0.25) is 9.69 Å². The molecule has 1 aromatic carbocycles. The third kappa shape index (κ3) is 4.90. The highest BCUT2D eigenvalue weighted by molar-refractivity contribution is 5.76. The van der Waals surface area contributed by atoms with E-state index < -0.39 is 0 Å². The average Bonchev–Trinajstić information content (AvgIpc) is 3.08. The predicted octanol–water partition coefficient (Wildman–Crippen LogP) is 1.92. The molecule has 1 aliphatic heterocycles. The fourth-order valence-corrected chi connectivity index (χ4v) is 3.09. The van der Waals surface area contributed by atoms with Crippen molar-refractivity contribution in [1.82, 2.24) is 19.9 Å². The summed E-state index contributed by atoms with van der Waals surface area (Å²) >= 11 is 0. The zero-order chi connectivity index (χ0) is 18.4. The number of benzene rings is 1. The highest BCUT2D eigenvalue weighted by Gasteiger charge is 2.21. The third-order valence-corrected chi connectivity index (χ3v) is 4.57. The minimum atomic E-state index is 0.194. The molecule has 1 fully saturated rings. The van der Waals surface area contributed by atoms with Crippen LogP contribution in [0.2, 0.25) is 0 Å². The minimum Gasteiger partial charge on any atom is -0.340 e. The molecule has 0 N–H and O–H groups in total. The van der Waals surface area contributed by atoms with E-state index in [4.69, 9.17) is 9.78 Å². The van der Waals surface area contributed by atoms with Crippen LogP contribution in [0.25, 0.3) is 0 Å². The summed E-state index contributed by atoms with van der Waals surface area (Å²) in [6.07, 6.45) is 1.88. The maximum Gasteiger partial charge on any atom is 0.226 e. The van der Waals surface area contributed by atoms with Gasteiger partial charge in [-0.25, -0.2) is 0 Å². The fourth-order valence-electron chi connectivity index (χ4n) is 3.09. The predicted molar refractivity (Wildman–Crippen MR) is 95.0 cm³/mol. The number of nitrogens with zero attached hydrogens (tertiary/aromatic N) is 5. The van der Waals surface area contributed by atoms with Crippen LogP contribution in [0.15, 0.2) is 28.8 Å². The normalized spacial score (nSPS) is 15.0. The van der Waals surface area contributed by atoms with E-state index >= 15 is 0 Å². The zero-order valence-corrected chi connectivity index (χ0v) is 15.0. The maximum atomic E-state index is 12.3. The first-order chi connectivity index (χ1) is 12.6.